The molecule has 1 aliphatic rings. The lowest BCUT2D eigenvalue weighted by molar-refractivity contribution is -0.152. The van der Waals surface area contributed by atoms with Gasteiger partial charge in [-0.15, -0.1) is 0 Å². The maximum atomic E-state index is 12.1. The predicted molar refractivity (Wildman–Crippen MR) is 67.2 cm³/mol. The number of hydrogen-bond acceptors (Lipinski definition) is 3. The second-order valence-corrected chi connectivity index (χ2v) is 5.96. The fraction of sp³-hybridized carbons (Fsp3) is 0.846. The van der Waals surface area contributed by atoms with Gasteiger partial charge in [0.2, 0.25) is 5.91 Å². The first-order valence-corrected chi connectivity index (χ1v) is 6.33. The Hall–Kier alpha value is -1.10. The SMILES string of the molecule is COC1CCCC1NC(=O)C(C(=O)O)C(C)(C)C. The van der Waals surface area contributed by atoms with Crippen LogP contribution in [0.15, 0.2) is 0 Å². The third-order valence-electron chi connectivity index (χ3n) is 3.46. The zero-order valence-corrected chi connectivity index (χ0v) is 11.5. The van der Waals surface area contributed by atoms with Gasteiger partial charge in [-0.2, -0.15) is 0 Å². The number of carboxylic acids is 1. The van der Waals surface area contributed by atoms with Gasteiger partial charge in [0.25, 0.3) is 0 Å². The number of nitrogens with one attached hydrogen (secondary N) is 1. The van der Waals surface area contributed by atoms with Crippen LogP contribution >= 0.6 is 0 Å². The van der Waals surface area contributed by atoms with Gasteiger partial charge in [0.15, 0.2) is 0 Å². The molecule has 0 spiro atoms. The average Bonchev–Trinajstić information content (AvgIpc) is 2.61. The maximum absolute atomic E-state index is 12.1. The van der Waals surface area contributed by atoms with E-state index >= 15 is 0 Å². The molecule has 0 aromatic rings. The topological polar surface area (TPSA) is 75.6 Å². The van der Waals surface area contributed by atoms with Gasteiger partial charge in [-0.3, -0.25) is 9.59 Å². The number of carbonyl (C=O) groups excluding carboxylic acids is 1. The highest BCUT2D eigenvalue weighted by atomic mass is 16.5. The first-order chi connectivity index (χ1) is 8.27. The van der Waals surface area contributed by atoms with Crippen LogP contribution in [0.1, 0.15) is 40.0 Å². The Morgan fingerprint density at radius 1 is 1.33 bits per heavy atom. The fourth-order valence-corrected chi connectivity index (χ4v) is 2.52. The highest BCUT2D eigenvalue weighted by Gasteiger charge is 2.40. The molecule has 104 valence electrons. The second-order valence-electron chi connectivity index (χ2n) is 5.96. The van der Waals surface area contributed by atoms with Gasteiger partial charge in [0, 0.05) is 7.11 Å². The van der Waals surface area contributed by atoms with E-state index in [1.807, 2.05) is 0 Å². The van der Waals surface area contributed by atoms with Gasteiger partial charge >= 0.3 is 5.97 Å². The van der Waals surface area contributed by atoms with Crippen molar-refractivity contribution < 1.29 is 19.4 Å². The molecule has 0 saturated heterocycles. The molecule has 1 amide bonds. The first-order valence-electron chi connectivity index (χ1n) is 6.33. The summed E-state index contributed by atoms with van der Waals surface area (Å²) < 4.78 is 5.29. The van der Waals surface area contributed by atoms with Crippen molar-refractivity contribution in [2.45, 2.75) is 52.2 Å². The van der Waals surface area contributed by atoms with Crippen LogP contribution < -0.4 is 5.32 Å². The molecular formula is C13H23NO4. The maximum Gasteiger partial charge on any atom is 0.316 e. The number of rotatable bonds is 4. The summed E-state index contributed by atoms with van der Waals surface area (Å²) in [5.41, 5.74) is -0.600. The van der Waals surface area contributed by atoms with Crippen molar-refractivity contribution in [3.05, 3.63) is 0 Å². The second kappa shape index (κ2) is 5.69. The Balaban J connectivity index is 2.71. The van der Waals surface area contributed by atoms with E-state index in [1.54, 1.807) is 27.9 Å². The van der Waals surface area contributed by atoms with Crippen molar-refractivity contribution >= 4 is 11.9 Å². The Kier molecular flexibility index (Phi) is 4.73. The number of ether oxygens (including phenoxy) is 1. The summed E-state index contributed by atoms with van der Waals surface area (Å²) in [4.78, 5) is 23.3. The molecule has 1 aliphatic carbocycles. The monoisotopic (exact) mass is 257 g/mol. The Morgan fingerprint density at radius 3 is 2.39 bits per heavy atom. The zero-order valence-electron chi connectivity index (χ0n) is 11.5. The number of methoxy groups -OCH3 is 1. The molecule has 2 N–H and O–H groups in total. The van der Waals surface area contributed by atoms with E-state index in [4.69, 9.17) is 4.74 Å². The molecular weight excluding hydrogens is 234 g/mol. The smallest absolute Gasteiger partial charge is 0.316 e. The lowest BCUT2D eigenvalue weighted by Gasteiger charge is -2.28. The van der Waals surface area contributed by atoms with Crippen molar-refractivity contribution in [3.63, 3.8) is 0 Å². The largest absolute Gasteiger partial charge is 0.481 e. The molecule has 18 heavy (non-hydrogen) atoms. The molecule has 1 fully saturated rings. The Morgan fingerprint density at radius 2 is 1.94 bits per heavy atom. The minimum atomic E-state index is -1.08. The van der Waals surface area contributed by atoms with E-state index in [0.29, 0.717) is 0 Å². The fourth-order valence-electron chi connectivity index (χ4n) is 2.52. The number of carboxylic acid groups (broad SMARTS) is 1. The van der Waals surface area contributed by atoms with Gasteiger partial charge in [-0.1, -0.05) is 20.8 Å². The van der Waals surface area contributed by atoms with E-state index in [1.165, 1.54) is 0 Å². The average molecular weight is 257 g/mol. The number of hydrogen-bond donors (Lipinski definition) is 2. The Labute approximate surface area is 108 Å². The molecule has 5 heteroatoms. The molecule has 0 radical (unpaired) electrons. The quantitative estimate of drug-likeness (QED) is 0.747. The van der Waals surface area contributed by atoms with E-state index in [-0.39, 0.29) is 12.1 Å². The van der Waals surface area contributed by atoms with Crippen LogP contribution in [0, 0.1) is 11.3 Å². The molecule has 0 bridgehead atoms. The minimum absolute atomic E-state index is 0.00311. The van der Waals surface area contributed by atoms with Crippen LogP contribution in [0.5, 0.6) is 0 Å². The summed E-state index contributed by atoms with van der Waals surface area (Å²) in [6.45, 7) is 5.27. The number of aliphatic carboxylic acids is 1. The van der Waals surface area contributed by atoms with Gasteiger partial charge in [0.05, 0.1) is 12.1 Å². The molecule has 1 rings (SSSR count). The van der Waals surface area contributed by atoms with Crippen molar-refractivity contribution in [1.29, 1.82) is 0 Å². The molecule has 0 aromatic heterocycles. The normalized spacial score (nSPS) is 25.8. The number of carbonyl (C=O) groups is 2. The summed E-state index contributed by atoms with van der Waals surface area (Å²) in [5, 5.41) is 12.0. The van der Waals surface area contributed by atoms with Crippen molar-refractivity contribution in [2.75, 3.05) is 7.11 Å². The van der Waals surface area contributed by atoms with Crippen LogP contribution in [0.3, 0.4) is 0 Å². The molecule has 1 saturated carbocycles. The molecule has 0 heterocycles. The summed E-state index contributed by atoms with van der Waals surface area (Å²) in [7, 11) is 1.62. The highest BCUT2D eigenvalue weighted by molar-refractivity contribution is 5.97. The first kappa shape index (κ1) is 15.0. The van der Waals surface area contributed by atoms with Gasteiger partial charge in [-0.25, -0.2) is 0 Å². The Bertz CT molecular complexity index is 321. The van der Waals surface area contributed by atoms with Crippen LogP contribution in [0.4, 0.5) is 0 Å². The van der Waals surface area contributed by atoms with Gasteiger partial charge in [-0.05, 0) is 24.7 Å². The lowest BCUT2D eigenvalue weighted by atomic mass is 9.80. The van der Waals surface area contributed by atoms with E-state index in [0.717, 1.165) is 19.3 Å². The molecule has 5 nitrogen and oxygen atoms in total. The molecule has 0 aromatic carbocycles. The van der Waals surface area contributed by atoms with Crippen LogP contribution in [-0.4, -0.2) is 36.2 Å². The summed E-state index contributed by atoms with van der Waals surface area (Å²) in [6, 6.07) is -0.0632. The zero-order chi connectivity index (χ0) is 13.9. The molecule has 3 atom stereocenters. The van der Waals surface area contributed by atoms with Gasteiger partial charge < -0.3 is 15.2 Å². The predicted octanol–water partition coefficient (Wildman–Crippen LogP) is 1.42. The van der Waals surface area contributed by atoms with Crippen LogP contribution in [0.2, 0.25) is 0 Å². The van der Waals surface area contributed by atoms with Gasteiger partial charge in [0.1, 0.15) is 5.92 Å². The van der Waals surface area contributed by atoms with E-state index in [2.05, 4.69) is 5.32 Å². The van der Waals surface area contributed by atoms with E-state index < -0.39 is 23.2 Å². The third-order valence-corrected chi connectivity index (χ3v) is 3.46. The van der Waals surface area contributed by atoms with Crippen LogP contribution in [0.25, 0.3) is 0 Å². The standard InChI is InChI=1S/C13H23NO4/c1-13(2,3)10(12(16)17)11(15)14-8-6-5-7-9(8)18-4/h8-10H,5-7H2,1-4H3,(H,14,15)(H,16,17). The lowest BCUT2D eigenvalue weighted by Crippen LogP contribution is -2.48. The third kappa shape index (κ3) is 3.45. The van der Waals surface area contributed by atoms with E-state index in [9.17, 15) is 14.7 Å². The summed E-state index contributed by atoms with van der Waals surface area (Å²) in [6.07, 6.45) is 2.76. The van der Waals surface area contributed by atoms with Crippen LogP contribution in [-0.2, 0) is 14.3 Å². The van der Waals surface area contributed by atoms with Crippen molar-refractivity contribution in [2.24, 2.45) is 11.3 Å². The molecule has 0 aliphatic heterocycles. The minimum Gasteiger partial charge on any atom is -0.481 e. The number of amides is 1. The summed E-state index contributed by atoms with van der Waals surface area (Å²) >= 11 is 0. The van der Waals surface area contributed by atoms with Crippen molar-refractivity contribution in [1.82, 2.24) is 5.32 Å². The highest BCUT2D eigenvalue weighted by Crippen LogP contribution is 2.28. The molecule has 3 unspecified atom stereocenters. The summed E-state index contributed by atoms with van der Waals surface area (Å²) in [5.74, 6) is -2.52. The van der Waals surface area contributed by atoms with Crippen molar-refractivity contribution in [3.8, 4) is 0 Å².